The number of amides is 1. The number of H-pyrrole nitrogens is 1. The van der Waals surface area contributed by atoms with Crippen molar-refractivity contribution in [3.8, 4) is 21.1 Å². The highest BCUT2D eigenvalue weighted by atomic mass is 32.2. The van der Waals surface area contributed by atoms with Crippen LogP contribution in [0.4, 0.5) is 10.1 Å². The summed E-state index contributed by atoms with van der Waals surface area (Å²) in [6, 6.07) is 16.9. The minimum absolute atomic E-state index is 0.0137. The lowest BCUT2D eigenvalue weighted by atomic mass is 10.2. The molecule has 0 fully saturated rings. The summed E-state index contributed by atoms with van der Waals surface area (Å²) in [6.45, 7) is 1.88. The Hall–Kier alpha value is -3.30. The van der Waals surface area contributed by atoms with E-state index in [0.29, 0.717) is 16.5 Å². The van der Waals surface area contributed by atoms with Gasteiger partial charge >= 0.3 is 0 Å². The number of thioether (sulfide) groups is 1. The van der Waals surface area contributed by atoms with Gasteiger partial charge in [0.2, 0.25) is 5.91 Å². The number of nitrogens with one attached hydrogen (secondary N) is 2. The van der Waals surface area contributed by atoms with Crippen molar-refractivity contribution in [1.82, 2.24) is 15.0 Å². The lowest BCUT2D eigenvalue weighted by molar-refractivity contribution is -0.113. The zero-order chi connectivity index (χ0) is 21.8. The minimum Gasteiger partial charge on any atom is -0.325 e. The number of anilines is 1. The van der Waals surface area contributed by atoms with Crippen LogP contribution in [0.2, 0.25) is 0 Å². The topological polar surface area (TPSA) is 87.7 Å². The zero-order valence-corrected chi connectivity index (χ0v) is 18.0. The van der Waals surface area contributed by atoms with Gasteiger partial charge in [0.05, 0.1) is 22.0 Å². The number of halogens is 1. The van der Waals surface area contributed by atoms with Crippen LogP contribution in [0, 0.1) is 12.7 Å². The van der Waals surface area contributed by atoms with Crippen molar-refractivity contribution in [2.24, 2.45) is 0 Å². The van der Waals surface area contributed by atoms with Gasteiger partial charge in [-0.15, -0.1) is 11.3 Å². The number of aromatic nitrogens is 3. The van der Waals surface area contributed by atoms with Crippen LogP contribution in [0.5, 0.6) is 0 Å². The van der Waals surface area contributed by atoms with Gasteiger partial charge in [0.25, 0.3) is 5.56 Å². The number of carbonyl (C=O) groups is 1. The van der Waals surface area contributed by atoms with Crippen molar-refractivity contribution in [3.63, 3.8) is 0 Å². The van der Waals surface area contributed by atoms with E-state index in [1.807, 2.05) is 37.3 Å². The standard InChI is InChI=1S/C22H17FN4O2S2/c1-13-20(31-21(24-13)14-6-3-2-4-7-14)17-11-18(28)27-22(26-17)30-12-19(29)25-16-9-5-8-15(23)10-16/h2-11H,12H2,1H3,(H,25,29)(H,26,27,28). The van der Waals surface area contributed by atoms with E-state index in [2.05, 4.69) is 20.3 Å². The van der Waals surface area contributed by atoms with Gasteiger partial charge in [-0.2, -0.15) is 0 Å². The molecule has 0 aliphatic rings. The van der Waals surface area contributed by atoms with Crippen LogP contribution in [-0.2, 0) is 4.79 Å². The van der Waals surface area contributed by atoms with Crippen molar-refractivity contribution >= 4 is 34.7 Å². The summed E-state index contributed by atoms with van der Waals surface area (Å²) in [7, 11) is 0. The quantitative estimate of drug-likeness (QED) is 0.326. The van der Waals surface area contributed by atoms with Crippen LogP contribution in [0.1, 0.15) is 5.69 Å². The first kappa shape index (κ1) is 21.0. The minimum atomic E-state index is -0.432. The van der Waals surface area contributed by atoms with Gasteiger partial charge in [-0.25, -0.2) is 14.4 Å². The third-order valence-electron chi connectivity index (χ3n) is 4.22. The van der Waals surface area contributed by atoms with Crippen LogP contribution < -0.4 is 10.9 Å². The Morgan fingerprint density at radius 2 is 1.94 bits per heavy atom. The lowest BCUT2D eigenvalue weighted by Gasteiger charge is -2.06. The maximum atomic E-state index is 13.3. The highest BCUT2D eigenvalue weighted by Crippen LogP contribution is 2.34. The van der Waals surface area contributed by atoms with E-state index >= 15 is 0 Å². The molecule has 31 heavy (non-hydrogen) atoms. The highest BCUT2D eigenvalue weighted by Gasteiger charge is 2.15. The molecule has 2 heterocycles. The molecular weight excluding hydrogens is 435 g/mol. The van der Waals surface area contributed by atoms with Crippen LogP contribution in [-0.4, -0.2) is 26.6 Å². The zero-order valence-electron chi connectivity index (χ0n) is 16.4. The van der Waals surface area contributed by atoms with Gasteiger partial charge in [-0.05, 0) is 25.1 Å². The van der Waals surface area contributed by atoms with E-state index in [1.165, 1.54) is 35.6 Å². The molecule has 0 aliphatic heterocycles. The normalized spacial score (nSPS) is 10.8. The molecule has 6 nitrogen and oxygen atoms in total. The first-order chi connectivity index (χ1) is 15.0. The molecule has 0 unspecified atom stereocenters. The summed E-state index contributed by atoms with van der Waals surface area (Å²) in [5.41, 5.74) is 2.34. The maximum Gasteiger partial charge on any atom is 0.252 e. The average Bonchev–Trinajstić information content (AvgIpc) is 3.14. The van der Waals surface area contributed by atoms with Crippen LogP contribution >= 0.6 is 23.1 Å². The van der Waals surface area contributed by atoms with E-state index in [0.717, 1.165) is 32.9 Å². The number of aromatic amines is 1. The molecule has 9 heteroatoms. The van der Waals surface area contributed by atoms with Crippen LogP contribution in [0.3, 0.4) is 0 Å². The van der Waals surface area contributed by atoms with Crippen molar-refractivity contribution < 1.29 is 9.18 Å². The number of rotatable bonds is 6. The predicted molar refractivity (Wildman–Crippen MR) is 122 cm³/mol. The van der Waals surface area contributed by atoms with Gasteiger partial charge in [-0.3, -0.25) is 9.59 Å². The second-order valence-electron chi connectivity index (χ2n) is 6.58. The van der Waals surface area contributed by atoms with Crippen molar-refractivity contribution in [3.05, 3.63) is 82.5 Å². The van der Waals surface area contributed by atoms with E-state index in [1.54, 1.807) is 6.07 Å². The van der Waals surface area contributed by atoms with Crippen LogP contribution in [0.25, 0.3) is 21.1 Å². The summed E-state index contributed by atoms with van der Waals surface area (Å²) in [4.78, 5) is 36.9. The Kier molecular flexibility index (Phi) is 6.24. The molecule has 2 aromatic carbocycles. The Labute approximate surface area is 185 Å². The third kappa shape index (κ3) is 5.25. The summed E-state index contributed by atoms with van der Waals surface area (Å²) in [6.07, 6.45) is 0. The molecule has 0 saturated carbocycles. The molecule has 0 spiro atoms. The van der Waals surface area contributed by atoms with Gasteiger partial charge in [-0.1, -0.05) is 48.2 Å². The number of benzene rings is 2. The second kappa shape index (κ2) is 9.23. The van der Waals surface area contributed by atoms with E-state index in [-0.39, 0.29) is 17.2 Å². The van der Waals surface area contributed by atoms with Gasteiger partial charge in [0.1, 0.15) is 10.8 Å². The Bertz CT molecular complexity index is 1290. The molecule has 2 N–H and O–H groups in total. The third-order valence-corrected chi connectivity index (χ3v) is 6.32. The fourth-order valence-electron chi connectivity index (χ4n) is 2.86. The number of aryl methyl sites for hydroxylation is 1. The van der Waals surface area contributed by atoms with Crippen molar-refractivity contribution in [1.29, 1.82) is 0 Å². The molecule has 0 saturated heterocycles. The molecular formula is C22H17FN4O2S2. The van der Waals surface area contributed by atoms with E-state index < -0.39 is 5.82 Å². The number of nitrogens with zero attached hydrogens (tertiary/aromatic N) is 2. The maximum absolute atomic E-state index is 13.3. The average molecular weight is 453 g/mol. The SMILES string of the molecule is Cc1nc(-c2ccccc2)sc1-c1cc(=O)[nH]c(SCC(=O)Nc2cccc(F)c2)n1. The first-order valence-corrected chi connectivity index (χ1v) is 11.1. The van der Waals surface area contributed by atoms with Gasteiger partial charge in [0.15, 0.2) is 5.16 Å². The summed E-state index contributed by atoms with van der Waals surface area (Å²) >= 11 is 2.56. The van der Waals surface area contributed by atoms with Crippen LogP contribution in [0.15, 0.2) is 70.6 Å². The largest absolute Gasteiger partial charge is 0.325 e. The fraction of sp³-hybridized carbons (Fsp3) is 0.0909. The molecule has 4 aromatic rings. The van der Waals surface area contributed by atoms with E-state index in [9.17, 15) is 14.0 Å². The Morgan fingerprint density at radius 3 is 2.71 bits per heavy atom. The number of hydrogen-bond acceptors (Lipinski definition) is 6. The fourth-order valence-corrected chi connectivity index (χ4v) is 4.56. The lowest BCUT2D eigenvalue weighted by Crippen LogP contribution is -2.15. The molecule has 2 aromatic heterocycles. The molecule has 0 radical (unpaired) electrons. The van der Waals surface area contributed by atoms with Gasteiger partial charge < -0.3 is 10.3 Å². The van der Waals surface area contributed by atoms with Crippen molar-refractivity contribution in [2.75, 3.05) is 11.1 Å². The molecule has 0 bridgehead atoms. The smallest absolute Gasteiger partial charge is 0.252 e. The van der Waals surface area contributed by atoms with Gasteiger partial charge in [0, 0.05) is 17.3 Å². The Morgan fingerprint density at radius 1 is 1.13 bits per heavy atom. The summed E-state index contributed by atoms with van der Waals surface area (Å²) < 4.78 is 13.3. The molecule has 4 rings (SSSR count). The molecule has 1 amide bonds. The first-order valence-electron chi connectivity index (χ1n) is 9.31. The number of carbonyl (C=O) groups excluding carboxylic acids is 1. The number of thiazole rings is 1. The van der Waals surface area contributed by atoms with Crippen molar-refractivity contribution in [2.45, 2.75) is 12.1 Å². The second-order valence-corrected chi connectivity index (χ2v) is 8.55. The summed E-state index contributed by atoms with van der Waals surface area (Å²) in [5.74, 6) is -0.747. The predicted octanol–water partition coefficient (Wildman–Crippen LogP) is 4.74. The van der Waals surface area contributed by atoms with E-state index in [4.69, 9.17) is 0 Å². The number of hydrogen-bond donors (Lipinski definition) is 2. The Balaban J connectivity index is 1.51. The highest BCUT2D eigenvalue weighted by molar-refractivity contribution is 7.99. The monoisotopic (exact) mass is 452 g/mol. The summed E-state index contributed by atoms with van der Waals surface area (Å²) in [5, 5.41) is 3.79. The molecule has 0 atom stereocenters. The molecule has 156 valence electrons. The molecule has 0 aliphatic carbocycles.